The molecule has 2 aliphatic heterocycles. The number of hydrogen-bond donors (Lipinski definition) is 0. The predicted octanol–water partition coefficient (Wildman–Crippen LogP) is 3.55. The second-order valence-corrected chi connectivity index (χ2v) is 6.62. The van der Waals surface area contributed by atoms with E-state index in [1.807, 2.05) is 13.8 Å². The number of rotatable bonds is 5. The van der Waals surface area contributed by atoms with Crippen LogP contribution in [0.1, 0.15) is 65.7 Å². The molecule has 2 heterocycles. The topological polar surface area (TPSA) is 51.5 Å². The number of nitriles is 1. The zero-order valence-electron chi connectivity index (χ0n) is 13.0. The van der Waals surface area contributed by atoms with Crippen molar-refractivity contribution >= 4 is 0 Å². The summed E-state index contributed by atoms with van der Waals surface area (Å²) in [4.78, 5) is 0. The van der Waals surface area contributed by atoms with Gasteiger partial charge in [0.05, 0.1) is 24.9 Å². The number of unbranched alkanes of at least 4 members (excludes halogenated alkanes) is 1. The third-order valence-electron chi connectivity index (χ3n) is 4.25. The molecule has 0 bridgehead atoms. The molecular formula is C16H27NO3. The van der Waals surface area contributed by atoms with E-state index in [1.165, 1.54) is 0 Å². The van der Waals surface area contributed by atoms with Gasteiger partial charge in [0.2, 0.25) is 0 Å². The summed E-state index contributed by atoms with van der Waals surface area (Å²) in [5.41, 5.74) is -0.538. The van der Waals surface area contributed by atoms with Crippen molar-refractivity contribution in [1.82, 2.24) is 0 Å². The summed E-state index contributed by atoms with van der Waals surface area (Å²) in [7, 11) is 0. The normalized spacial score (nSPS) is 36.7. The lowest BCUT2D eigenvalue weighted by molar-refractivity contribution is -0.139. The van der Waals surface area contributed by atoms with Gasteiger partial charge in [-0.3, -0.25) is 0 Å². The number of ether oxygens (including phenoxy) is 3. The highest BCUT2D eigenvalue weighted by Crippen LogP contribution is 2.33. The maximum atomic E-state index is 9.42. The van der Waals surface area contributed by atoms with E-state index in [0.717, 1.165) is 44.9 Å². The van der Waals surface area contributed by atoms with Gasteiger partial charge in [-0.2, -0.15) is 5.26 Å². The molecule has 0 aliphatic carbocycles. The Labute approximate surface area is 122 Å². The van der Waals surface area contributed by atoms with Crippen LogP contribution in [0.2, 0.25) is 0 Å². The summed E-state index contributed by atoms with van der Waals surface area (Å²) in [5.74, 6) is -0.430. The van der Waals surface area contributed by atoms with E-state index in [-0.39, 0.29) is 12.2 Å². The van der Waals surface area contributed by atoms with Gasteiger partial charge in [0, 0.05) is 0 Å². The summed E-state index contributed by atoms with van der Waals surface area (Å²) in [6.07, 6.45) is 7.39. The van der Waals surface area contributed by atoms with Crippen molar-refractivity contribution < 1.29 is 14.2 Å². The molecule has 114 valence electrons. The lowest BCUT2D eigenvalue weighted by Crippen LogP contribution is -2.38. The van der Waals surface area contributed by atoms with E-state index >= 15 is 0 Å². The van der Waals surface area contributed by atoms with Crippen molar-refractivity contribution in [3.05, 3.63) is 0 Å². The maximum absolute atomic E-state index is 9.42. The van der Waals surface area contributed by atoms with Gasteiger partial charge in [0.25, 0.3) is 0 Å². The van der Waals surface area contributed by atoms with Crippen molar-refractivity contribution in [3.63, 3.8) is 0 Å². The van der Waals surface area contributed by atoms with E-state index in [0.29, 0.717) is 6.61 Å². The van der Waals surface area contributed by atoms with E-state index < -0.39 is 11.4 Å². The fourth-order valence-electron chi connectivity index (χ4n) is 3.19. The van der Waals surface area contributed by atoms with Crippen LogP contribution in [0, 0.1) is 11.3 Å². The summed E-state index contributed by atoms with van der Waals surface area (Å²) >= 11 is 0. The first-order valence-corrected chi connectivity index (χ1v) is 7.86. The smallest absolute Gasteiger partial charge is 0.163 e. The average Bonchev–Trinajstić information content (AvgIpc) is 2.74. The van der Waals surface area contributed by atoms with Gasteiger partial charge in [-0.05, 0) is 59.3 Å². The first-order valence-electron chi connectivity index (χ1n) is 7.86. The van der Waals surface area contributed by atoms with Crippen LogP contribution < -0.4 is 0 Å². The molecule has 2 rings (SSSR count). The first kappa shape index (κ1) is 15.8. The molecule has 2 saturated heterocycles. The molecule has 0 unspecified atom stereocenters. The monoisotopic (exact) mass is 281 g/mol. The average molecular weight is 281 g/mol. The van der Waals surface area contributed by atoms with Crippen molar-refractivity contribution in [2.45, 2.75) is 89.3 Å². The third kappa shape index (κ3) is 4.18. The first-order chi connectivity index (χ1) is 9.45. The molecule has 2 fully saturated rings. The Morgan fingerprint density at radius 1 is 1.25 bits per heavy atom. The molecule has 4 nitrogen and oxygen atoms in total. The van der Waals surface area contributed by atoms with Crippen molar-refractivity contribution in [1.29, 1.82) is 5.26 Å². The van der Waals surface area contributed by atoms with Gasteiger partial charge in [-0.1, -0.05) is 6.42 Å². The standard InChI is InChI=1S/C16H27NO3/c1-13-7-6-10-16(12-17,19-13)9-5-4-8-14-11-18-15(2,3)20-14/h13-14H,4-11H2,1-3H3/t13-,14+,16+/m0/s1. The van der Waals surface area contributed by atoms with Gasteiger partial charge in [0.15, 0.2) is 11.4 Å². The molecule has 4 heteroatoms. The second kappa shape index (κ2) is 6.43. The van der Waals surface area contributed by atoms with E-state index in [1.54, 1.807) is 0 Å². The molecule has 0 N–H and O–H groups in total. The van der Waals surface area contributed by atoms with Crippen LogP contribution in [-0.2, 0) is 14.2 Å². The lowest BCUT2D eigenvalue weighted by Gasteiger charge is -2.35. The quantitative estimate of drug-likeness (QED) is 0.723. The Bertz CT molecular complexity index is 363. The summed E-state index contributed by atoms with van der Waals surface area (Å²) in [6, 6.07) is 2.41. The van der Waals surface area contributed by atoms with Gasteiger partial charge < -0.3 is 14.2 Å². The van der Waals surface area contributed by atoms with Crippen LogP contribution >= 0.6 is 0 Å². The Kier molecular flexibility index (Phi) is 5.06. The summed E-state index contributed by atoms with van der Waals surface area (Å²) in [5, 5.41) is 9.42. The highest BCUT2D eigenvalue weighted by atomic mass is 16.7. The lowest BCUT2D eigenvalue weighted by atomic mass is 9.88. The van der Waals surface area contributed by atoms with Gasteiger partial charge in [-0.25, -0.2) is 0 Å². The Morgan fingerprint density at radius 3 is 2.65 bits per heavy atom. The molecule has 0 saturated carbocycles. The SMILES string of the molecule is C[C@H]1CCC[C@@](C#N)(CCCC[C@@H]2COC(C)(C)O2)O1. The van der Waals surface area contributed by atoms with Crippen LogP contribution in [0.25, 0.3) is 0 Å². The molecular weight excluding hydrogens is 254 g/mol. The van der Waals surface area contributed by atoms with Crippen molar-refractivity contribution in [3.8, 4) is 6.07 Å². The van der Waals surface area contributed by atoms with Gasteiger partial charge in [0.1, 0.15) is 0 Å². The zero-order valence-corrected chi connectivity index (χ0v) is 13.0. The fraction of sp³-hybridized carbons (Fsp3) is 0.938. The summed E-state index contributed by atoms with van der Waals surface area (Å²) < 4.78 is 17.3. The fourth-order valence-corrected chi connectivity index (χ4v) is 3.19. The van der Waals surface area contributed by atoms with E-state index in [9.17, 15) is 5.26 Å². The molecule has 0 aromatic heterocycles. The number of hydrogen-bond acceptors (Lipinski definition) is 4. The predicted molar refractivity (Wildman–Crippen MR) is 76.1 cm³/mol. The number of nitrogens with zero attached hydrogens (tertiary/aromatic N) is 1. The van der Waals surface area contributed by atoms with E-state index in [4.69, 9.17) is 14.2 Å². The molecule has 0 aromatic carbocycles. The molecule has 0 radical (unpaired) electrons. The van der Waals surface area contributed by atoms with Crippen molar-refractivity contribution in [2.24, 2.45) is 0 Å². The van der Waals surface area contributed by atoms with Crippen LogP contribution in [0.4, 0.5) is 0 Å². The molecule has 0 aromatic rings. The highest BCUT2D eigenvalue weighted by Gasteiger charge is 2.36. The molecule has 0 amide bonds. The molecule has 2 aliphatic rings. The third-order valence-corrected chi connectivity index (χ3v) is 4.25. The molecule has 0 spiro atoms. The van der Waals surface area contributed by atoms with Crippen LogP contribution in [-0.4, -0.2) is 30.2 Å². The van der Waals surface area contributed by atoms with Gasteiger partial charge >= 0.3 is 0 Å². The second-order valence-electron chi connectivity index (χ2n) is 6.62. The Morgan fingerprint density at radius 2 is 2.05 bits per heavy atom. The zero-order chi connectivity index (χ0) is 14.6. The van der Waals surface area contributed by atoms with Gasteiger partial charge in [-0.15, -0.1) is 0 Å². The highest BCUT2D eigenvalue weighted by molar-refractivity contribution is 5.03. The van der Waals surface area contributed by atoms with Crippen LogP contribution in [0.15, 0.2) is 0 Å². The minimum atomic E-state index is -0.538. The van der Waals surface area contributed by atoms with Crippen molar-refractivity contribution in [2.75, 3.05) is 6.61 Å². The summed E-state index contributed by atoms with van der Waals surface area (Å²) in [6.45, 7) is 6.66. The Balaban J connectivity index is 1.69. The van der Waals surface area contributed by atoms with E-state index in [2.05, 4.69) is 13.0 Å². The maximum Gasteiger partial charge on any atom is 0.163 e. The van der Waals surface area contributed by atoms with Crippen LogP contribution in [0.5, 0.6) is 0 Å². The Hall–Kier alpha value is -0.630. The minimum absolute atomic E-state index is 0.203. The molecule has 3 atom stereocenters. The molecule has 20 heavy (non-hydrogen) atoms. The minimum Gasteiger partial charge on any atom is -0.357 e. The van der Waals surface area contributed by atoms with Crippen LogP contribution in [0.3, 0.4) is 0 Å². The largest absolute Gasteiger partial charge is 0.357 e.